The van der Waals surface area contributed by atoms with Crippen molar-refractivity contribution in [1.29, 1.82) is 5.26 Å². The molecule has 0 radical (unpaired) electrons. The average molecular weight is 167 g/mol. The number of nitriles is 1. The van der Waals surface area contributed by atoms with Gasteiger partial charge in [-0.25, -0.2) is 0 Å². The molecular weight excluding hydrogens is 154 g/mol. The molecule has 1 aliphatic rings. The summed E-state index contributed by atoms with van der Waals surface area (Å²) in [6.45, 7) is 4.65. The lowest BCUT2D eigenvalue weighted by Crippen LogP contribution is -2.54. The molecule has 1 fully saturated rings. The van der Waals surface area contributed by atoms with Gasteiger partial charge in [-0.05, 0) is 6.92 Å². The molecule has 0 bridgehead atoms. The molecule has 1 atom stereocenters. The normalized spacial score (nSPS) is 25.2. The Balaban J connectivity index is 2.60. The van der Waals surface area contributed by atoms with Crippen LogP contribution in [0.5, 0.6) is 0 Å². The summed E-state index contributed by atoms with van der Waals surface area (Å²) >= 11 is 0. The van der Waals surface area contributed by atoms with Crippen LogP contribution in [0.15, 0.2) is 4.99 Å². The second-order valence-electron chi connectivity index (χ2n) is 2.82. The van der Waals surface area contributed by atoms with E-state index < -0.39 is 0 Å². The van der Waals surface area contributed by atoms with Gasteiger partial charge in [0.2, 0.25) is 12.2 Å². The van der Waals surface area contributed by atoms with Crippen molar-refractivity contribution < 1.29 is 0 Å². The zero-order valence-electron chi connectivity index (χ0n) is 7.12. The van der Waals surface area contributed by atoms with Crippen LogP contribution in [0.25, 0.3) is 0 Å². The third-order valence-corrected chi connectivity index (χ3v) is 1.96. The van der Waals surface area contributed by atoms with Gasteiger partial charge < -0.3 is 16.0 Å². The number of nitrogens with two attached hydrogens (primary N) is 1. The molecule has 1 saturated heterocycles. The van der Waals surface area contributed by atoms with Gasteiger partial charge in [0.25, 0.3) is 0 Å². The van der Waals surface area contributed by atoms with Crippen molar-refractivity contribution in [2.75, 3.05) is 19.6 Å². The Morgan fingerprint density at radius 3 is 3.17 bits per heavy atom. The molecule has 0 aromatic rings. The summed E-state index contributed by atoms with van der Waals surface area (Å²) in [6.07, 6.45) is 1.69. The highest BCUT2D eigenvalue weighted by atomic mass is 15.3. The van der Waals surface area contributed by atoms with E-state index in [1.165, 1.54) is 0 Å². The van der Waals surface area contributed by atoms with Crippen LogP contribution >= 0.6 is 0 Å². The number of guanidine groups is 1. The number of nitrogens with one attached hydrogen (secondary N) is 1. The summed E-state index contributed by atoms with van der Waals surface area (Å²) in [5.74, 6) is 0.325. The molecule has 0 saturated carbocycles. The van der Waals surface area contributed by atoms with Crippen LogP contribution < -0.4 is 11.1 Å². The Kier molecular flexibility index (Phi) is 2.88. The average Bonchev–Trinajstić information content (AvgIpc) is 2.05. The maximum atomic E-state index is 8.29. The topological polar surface area (TPSA) is 77.4 Å². The van der Waals surface area contributed by atoms with Crippen molar-refractivity contribution >= 4 is 5.96 Å². The summed E-state index contributed by atoms with van der Waals surface area (Å²) in [5, 5.41) is 11.5. The minimum absolute atomic E-state index is 0.316. The largest absolute Gasteiger partial charge is 0.369 e. The zero-order valence-corrected chi connectivity index (χ0v) is 7.12. The molecule has 5 heteroatoms. The Hall–Kier alpha value is -1.28. The van der Waals surface area contributed by atoms with Gasteiger partial charge in [-0.2, -0.15) is 5.26 Å². The molecule has 1 heterocycles. The van der Waals surface area contributed by atoms with Crippen LogP contribution in [0, 0.1) is 11.5 Å². The van der Waals surface area contributed by atoms with E-state index in [0.717, 1.165) is 19.6 Å². The highest BCUT2D eigenvalue weighted by Crippen LogP contribution is 2.00. The molecule has 0 aliphatic carbocycles. The van der Waals surface area contributed by atoms with Crippen LogP contribution in [0.3, 0.4) is 0 Å². The maximum Gasteiger partial charge on any atom is 0.209 e. The second-order valence-corrected chi connectivity index (χ2v) is 2.82. The van der Waals surface area contributed by atoms with E-state index in [2.05, 4.69) is 10.3 Å². The number of hydrogen-bond donors (Lipinski definition) is 2. The number of hydrogen-bond acceptors (Lipinski definition) is 3. The highest BCUT2D eigenvalue weighted by Gasteiger charge is 2.19. The molecule has 1 unspecified atom stereocenters. The quantitative estimate of drug-likeness (QED) is 0.278. The van der Waals surface area contributed by atoms with Crippen molar-refractivity contribution in [3.8, 4) is 6.19 Å². The first-order chi connectivity index (χ1) is 5.75. The third-order valence-electron chi connectivity index (χ3n) is 1.96. The lowest BCUT2D eigenvalue weighted by molar-refractivity contribution is 0.272. The molecule has 12 heavy (non-hydrogen) atoms. The molecule has 66 valence electrons. The van der Waals surface area contributed by atoms with Crippen molar-refractivity contribution in [2.45, 2.75) is 13.0 Å². The standard InChI is InChI=1S/C7H13N5/c1-6-4-10-2-3-12(6)7(9)11-5-8/h6,10H,2-4H2,1H3,(H2,9,11). The molecule has 0 spiro atoms. The highest BCUT2D eigenvalue weighted by molar-refractivity contribution is 5.79. The van der Waals surface area contributed by atoms with E-state index in [1.54, 1.807) is 6.19 Å². The van der Waals surface area contributed by atoms with Crippen LogP contribution in [0.2, 0.25) is 0 Å². The summed E-state index contributed by atoms with van der Waals surface area (Å²) in [5.41, 5.74) is 5.58. The zero-order chi connectivity index (χ0) is 8.97. The van der Waals surface area contributed by atoms with E-state index in [0.29, 0.717) is 12.0 Å². The summed E-state index contributed by atoms with van der Waals surface area (Å²) in [7, 11) is 0. The van der Waals surface area contributed by atoms with Gasteiger partial charge in [0.05, 0.1) is 0 Å². The Morgan fingerprint density at radius 2 is 2.58 bits per heavy atom. The molecule has 1 aliphatic heterocycles. The monoisotopic (exact) mass is 167 g/mol. The van der Waals surface area contributed by atoms with E-state index in [4.69, 9.17) is 11.0 Å². The van der Waals surface area contributed by atoms with E-state index in [-0.39, 0.29) is 0 Å². The molecule has 0 aromatic heterocycles. The van der Waals surface area contributed by atoms with Gasteiger partial charge in [-0.3, -0.25) is 0 Å². The Labute approximate surface area is 71.9 Å². The number of aliphatic imine (C=N–C) groups is 1. The first-order valence-electron chi connectivity index (χ1n) is 3.95. The fourth-order valence-electron chi connectivity index (χ4n) is 1.30. The van der Waals surface area contributed by atoms with E-state index >= 15 is 0 Å². The minimum Gasteiger partial charge on any atom is -0.369 e. The Morgan fingerprint density at radius 1 is 1.83 bits per heavy atom. The minimum atomic E-state index is 0.316. The van der Waals surface area contributed by atoms with E-state index in [9.17, 15) is 0 Å². The van der Waals surface area contributed by atoms with Gasteiger partial charge in [0.1, 0.15) is 0 Å². The second kappa shape index (κ2) is 3.93. The fourth-order valence-corrected chi connectivity index (χ4v) is 1.30. The van der Waals surface area contributed by atoms with Crippen molar-refractivity contribution in [3.05, 3.63) is 0 Å². The first kappa shape index (κ1) is 8.81. The van der Waals surface area contributed by atoms with Crippen molar-refractivity contribution in [3.63, 3.8) is 0 Å². The van der Waals surface area contributed by atoms with Gasteiger partial charge >= 0.3 is 0 Å². The van der Waals surface area contributed by atoms with Gasteiger partial charge in [0.15, 0.2) is 0 Å². The summed E-state index contributed by atoms with van der Waals surface area (Å²) in [4.78, 5) is 5.43. The molecule has 5 nitrogen and oxygen atoms in total. The SMILES string of the molecule is CC1CNCCN1C(N)=NC#N. The van der Waals surface area contributed by atoms with Crippen molar-refractivity contribution in [1.82, 2.24) is 10.2 Å². The van der Waals surface area contributed by atoms with Crippen LogP contribution in [-0.2, 0) is 0 Å². The van der Waals surface area contributed by atoms with Gasteiger partial charge in [-0.15, -0.1) is 4.99 Å². The third kappa shape index (κ3) is 1.86. The molecular formula is C7H13N5. The fraction of sp³-hybridized carbons (Fsp3) is 0.714. The van der Waals surface area contributed by atoms with Crippen molar-refractivity contribution in [2.24, 2.45) is 10.7 Å². The summed E-state index contributed by atoms with van der Waals surface area (Å²) in [6, 6.07) is 0.316. The lowest BCUT2D eigenvalue weighted by Gasteiger charge is -2.34. The van der Waals surface area contributed by atoms with Gasteiger partial charge in [-0.1, -0.05) is 0 Å². The molecule has 0 amide bonds. The summed E-state index contributed by atoms with van der Waals surface area (Å²) < 4.78 is 0. The van der Waals surface area contributed by atoms with Crippen LogP contribution in [0.4, 0.5) is 0 Å². The predicted molar refractivity (Wildman–Crippen MR) is 46.3 cm³/mol. The molecule has 0 aromatic carbocycles. The molecule has 3 N–H and O–H groups in total. The van der Waals surface area contributed by atoms with Crippen LogP contribution in [-0.4, -0.2) is 36.5 Å². The maximum absolute atomic E-state index is 8.29. The molecule has 1 rings (SSSR count). The first-order valence-corrected chi connectivity index (χ1v) is 3.95. The van der Waals surface area contributed by atoms with Crippen LogP contribution in [0.1, 0.15) is 6.92 Å². The van der Waals surface area contributed by atoms with E-state index in [1.807, 2.05) is 11.8 Å². The Bertz CT molecular complexity index is 216. The number of rotatable bonds is 0. The lowest BCUT2D eigenvalue weighted by atomic mass is 10.2. The predicted octanol–water partition coefficient (Wildman–Crippen LogP) is -0.924. The van der Waals surface area contributed by atoms with Gasteiger partial charge in [0, 0.05) is 25.7 Å². The number of piperazine rings is 1. The number of nitrogens with zero attached hydrogens (tertiary/aromatic N) is 3. The smallest absolute Gasteiger partial charge is 0.209 e.